The van der Waals surface area contributed by atoms with Crippen LogP contribution in [0.4, 0.5) is 13.9 Å². The lowest BCUT2D eigenvalue weighted by atomic mass is 10.1. The molecule has 2 rings (SSSR count). The number of nitrogens with one attached hydrogen (secondary N) is 1. The SMILES string of the molecule is CCCCCCCC(=O)Nc1nc(C)c(-c2nccn2C(F)F)s1. The van der Waals surface area contributed by atoms with E-state index in [2.05, 4.69) is 22.2 Å². The molecule has 0 saturated heterocycles. The smallest absolute Gasteiger partial charge is 0.302 e. The summed E-state index contributed by atoms with van der Waals surface area (Å²) in [6.45, 7) is 1.20. The third-order valence-electron chi connectivity index (χ3n) is 3.63. The van der Waals surface area contributed by atoms with Crippen molar-refractivity contribution in [3.8, 4) is 10.7 Å². The molecule has 2 aromatic rings. The fraction of sp³-hybridized carbons (Fsp3) is 0.562. The highest BCUT2D eigenvalue weighted by Crippen LogP contribution is 2.33. The Kier molecular flexibility index (Phi) is 6.84. The second-order valence-electron chi connectivity index (χ2n) is 5.58. The Balaban J connectivity index is 1.96. The summed E-state index contributed by atoms with van der Waals surface area (Å²) in [5.74, 6) is 0.0732. The molecule has 0 aliphatic carbocycles. The van der Waals surface area contributed by atoms with Gasteiger partial charge in [0.25, 0.3) is 0 Å². The van der Waals surface area contributed by atoms with E-state index in [9.17, 15) is 13.6 Å². The molecule has 132 valence electrons. The van der Waals surface area contributed by atoms with Crippen LogP contribution in [0.1, 0.15) is 57.7 Å². The molecule has 0 bridgehead atoms. The molecule has 0 atom stereocenters. The van der Waals surface area contributed by atoms with Crippen LogP contribution in [-0.4, -0.2) is 20.4 Å². The van der Waals surface area contributed by atoms with Crippen molar-refractivity contribution >= 4 is 22.4 Å². The van der Waals surface area contributed by atoms with E-state index in [0.29, 0.717) is 22.1 Å². The minimum Gasteiger partial charge on any atom is -0.302 e. The van der Waals surface area contributed by atoms with E-state index in [1.807, 2.05) is 0 Å². The summed E-state index contributed by atoms with van der Waals surface area (Å²) in [5.41, 5.74) is 0.575. The minimum absolute atomic E-state index is 0.0935. The van der Waals surface area contributed by atoms with Crippen molar-refractivity contribution in [3.63, 3.8) is 0 Å². The highest BCUT2D eigenvalue weighted by molar-refractivity contribution is 7.19. The van der Waals surface area contributed by atoms with Gasteiger partial charge in [0.05, 0.1) is 10.6 Å². The van der Waals surface area contributed by atoms with Crippen molar-refractivity contribution in [2.75, 3.05) is 5.32 Å². The summed E-state index contributed by atoms with van der Waals surface area (Å²) in [4.78, 5) is 20.7. The first-order valence-electron chi connectivity index (χ1n) is 8.11. The standard InChI is InChI=1S/C16H22F2N4OS/c1-3-4-5-6-7-8-12(23)21-16-20-11(2)13(24-16)14-19-9-10-22(14)15(17)18/h9-10,15H,3-8H2,1-2H3,(H,20,21,23). The van der Waals surface area contributed by atoms with Crippen molar-refractivity contribution in [1.29, 1.82) is 0 Å². The van der Waals surface area contributed by atoms with Gasteiger partial charge in [0.2, 0.25) is 5.91 Å². The van der Waals surface area contributed by atoms with Gasteiger partial charge in [0.15, 0.2) is 11.0 Å². The Morgan fingerprint density at radius 2 is 2.08 bits per heavy atom. The van der Waals surface area contributed by atoms with Crippen molar-refractivity contribution in [3.05, 3.63) is 18.1 Å². The molecule has 2 heterocycles. The number of unbranched alkanes of at least 4 members (excludes halogenated alkanes) is 4. The van der Waals surface area contributed by atoms with Gasteiger partial charge in [-0.3, -0.25) is 9.36 Å². The third-order valence-corrected chi connectivity index (χ3v) is 4.70. The predicted octanol–water partition coefficient (Wildman–Crippen LogP) is 5.01. The van der Waals surface area contributed by atoms with Crippen molar-refractivity contribution in [1.82, 2.24) is 14.5 Å². The average Bonchev–Trinajstić information content (AvgIpc) is 3.13. The van der Waals surface area contributed by atoms with Gasteiger partial charge in [0, 0.05) is 18.8 Å². The number of amides is 1. The molecule has 0 saturated carbocycles. The van der Waals surface area contributed by atoms with Crippen molar-refractivity contribution in [2.45, 2.75) is 58.9 Å². The van der Waals surface area contributed by atoms with E-state index in [1.165, 1.54) is 25.2 Å². The number of aromatic nitrogens is 3. The van der Waals surface area contributed by atoms with Crippen LogP contribution in [0.2, 0.25) is 0 Å². The zero-order valence-corrected chi connectivity index (χ0v) is 14.7. The highest BCUT2D eigenvalue weighted by Gasteiger charge is 2.19. The molecule has 0 radical (unpaired) electrons. The third kappa shape index (κ3) is 4.83. The van der Waals surface area contributed by atoms with Crippen LogP contribution in [0.15, 0.2) is 12.4 Å². The summed E-state index contributed by atoms with van der Waals surface area (Å²) in [6.07, 6.45) is 8.39. The lowest BCUT2D eigenvalue weighted by Gasteiger charge is -2.04. The van der Waals surface area contributed by atoms with Gasteiger partial charge in [-0.2, -0.15) is 8.78 Å². The number of carbonyl (C=O) groups excluding carboxylic acids is 1. The first kappa shape index (κ1) is 18.5. The van der Waals surface area contributed by atoms with Gasteiger partial charge in [-0.25, -0.2) is 9.97 Å². The van der Waals surface area contributed by atoms with Gasteiger partial charge >= 0.3 is 6.55 Å². The summed E-state index contributed by atoms with van der Waals surface area (Å²) in [7, 11) is 0. The van der Waals surface area contributed by atoms with Crippen LogP contribution in [-0.2, 0) is 4.79 Å². The van der Waals surface area contributed by atoms with Crippen LogP contribution < -0.4 is 5.32 Å². The minimum atomic E-state index is -2.66. The molecule has 0 fully saturated rings. The number of alkyl halides is 2. The lowest BCUT2D eigenvalue weighted by Crippen LogP contribution is -2.10. The molecule has 5 nitrogen and oxygen atoms in total. The number of nitrogens with zero attached hydrogens (tertiary/aromatic N) is 3. The van der Waals surface area contributed by atoms with Crippen molar-refractivity contribution < 1.29 is 13.6 Å². The topological polar surface area (TPSA) is 59.8 Å². The molecule has 24 heavy (non-hydrogen) atoms. The summed E-state index contributed by atoms with van der Waals surface area (Å²) in [5, 5.41) is 3.17. The summed E-state index contributed by atoms with van der Waals surface area (Å²) < 4.78 is 26.7. The zero-order chi connectivity index (χ0) is 17.5. The van der Waals surface area contributed by atoms with Gasteiger partial charge < -0.3 is 5.32 Å². The van der Waals surface area contributed by atoms with Crippen LogP contribution >= 0.6 is 11.3 Å². The average molecular weight is 356 g/mol. The number of thiazole rings is 1. The Morgan fingerprint density at radius 3 is 2.79 bits per heavy atom. The number of rotatable bonds is 9. The van der Waals surface area contributed by atoms with E-state index < -0.39 is 6.55 Å². The number of imidazole rings is 1. The normalized spacial score (nSPS) is 11.2. The van der Waals surface area contributed by atoms with Gasteiger partial charge in [-0.15, -0.1) is 0 Å². The molecule has 0 aliphatic heterocycles. The largest absolute Gasteiger partial charge is 0.320 e. The fourth-order valence-electron chi connectivity index (χ4n) is 2.37. The Morgan fingerprint density at radius 1 is 1.33 bits per heavy atom. The molecule has 2 aromatic heterocycles. The van der Waals surface area contributed by atoms with Crippen LogP contribution in [0.25, 0.3) is 10.7 Å². The molecule has 0 spiro atoms. The second-order valence-corrected chi connectivity index (χ2v) is 6.58. The van der Waals surface area contributed by atoms with Crippen LogP contribution in [0.3, 0.4) is 0 Å². The fourth-order valence-corrected chi connectivity index (χ4v) is 3.36. The number of hydrogen-bond acceptors (Lipinski definition) is 4. The van der Waals surface area contributed by atoms with Gasteiger partial charge in [-0.1, -0.05) is 43.9 Å². The van der Waals surface area contributed by atoms with Crippen LogP contribution in [0.5, 0.6) is 0 Å². The Hall–Kier alpha value is -1.83. The molecule has 0 unspecified atom stereocenters. The number of halogens is 2. The number of carbonyl (C=O) groups is 1. The Bertz CT molecular complexity index is 669. The highest BCUT2D eigenvalue weighted by atomic mass is 32.1. The molecule has 8 heteroatoms. The first-order valence-corrected chi connectivity index (χ1v) is 8.93. The molecule has 0 aromatic carbocycles. The predicted molar refractivity (Wildman–Crippen MR) is 91.3 cm³/mol. The summed E-state index contributed by atoms with van der Waals surface area (Å²) in [6, 6.07) is 0. The maximum atomic E-state index is 13.0. The van der Waals surface area contributed by atoms with E-state index in [0.717, 1.165) is 35.2 Å². The molecule has 1 amide bonds. The summed E-state index contributed by atoms with van der Waals surface area (Å²) >= 11 is 1.16. The van der Waals surface area contributed by atoms with Crippen LogP contribution in [0, 0.1) is 6.92 Å². The molecular formula is C16H22F2N4OS. The first-order chi connectivity index (χ1) is 11.5. The lowest BCUT2D eigenvalue weighted by molar-refractivity contribution is -0.116. The van der Waals surface area contributed by atoms with Crippen molar-refractivity contribution in [2.24, 2.45) is 0 Å². The second kappa shape index (κ2) is 8.86. The zero-order valence-electron chi connectivity index (χ0n) is 13.9. The number of hydrogen-bond donors (Lipinski definition) is 1. The van der Waals surface area contributed by atoms with E-state index in [1.54, 1.807) is 6.92 Å². The van der Waals surface area contributed by atoms with Gasteiger partial charge in [0.1, 0.15) is 0 Å². The molecular weight excluding hydrogens is 334 g/mol. The molecule has 1 N–H and O–H groups in total. The maximum absolute atomic E-state index is 13.0. The van der Waals surface area contributed by atoms with Gasteiger partial charge in [-0.05, 0) is 13.3 Å². The number of anilines is 1. The quantitative estimate of drug-likeness (QED) is 0.643. The van der Waals surface area contributed by atoms with E-state index >= 15 is 0 Å². The van der Waals surface area contributed by atoms with E-state index in [4.69, 9.17) is 0 Å². The molecule has 0 aliphatic rings. The van der Waals surface area contributed by atoms with E-state index in [-0.39, 0.29) is 11.7 Å². The monoisotopic (exact) mass is 356 g/mol. The number of aryl methyl sites for hydroxylation is 1. The maximum Gasteiger partial charge on any atom is 0.320 e. The Labute approximate surface area is 144 Å².